The van der Waals surface area contributed by atoms with Crippen molar-refractivity contribution in [1.82, 2.24) is 61.9 Å². The molecule has 1 saturated carbocycles. The smallest absolute Gasteiger partial charge is 0.407 e. The zero-order valence-electron chi connectivity index (χ0n) is 72.1. The summed E-state index contributed by atoms with van der Waals surface area (Å²) in [6.07, 6.45) is 9.62. The first-order chi connectivity index (χ1) is 60.8. The zero-order chi connectivity index (χ0) is 90.0. The lowest BCUT2D eigenvalue weighted by Gasteiger charge is -2.43. The average molecular weight is 1760 g/mol. The Morgan fingerprint density at radius 3 is 2.02 bits per heavy atom. The van der Waals surface area contributed by atoms with Crippen molar-refractivity contribution >= 4 is 118 Å². The number of anilines is 6. The third-order valence-corrected chi connectivity index (χ3v) is 22.3. The molecule has 3 aromatic carbocycles. The molecule has 5 atom stereocenters. The number of primary amides is 1. The number of carbonyl (C=O) groups is 14. The number of rotatable bonds is 51. The summed E-state index contributed by atoms with van der Waals surface area (Å²) in [6.45, 7) is 10.5. The van der Waals surface area contributed by atoms with Crippen molar-refractivity contribution in [3.63, 3.8) is 0 Å². The van der Waals surface area contributed by atoms with E-state index in [0.717, 1.165) is 30.6 Å². The topological polar surface area (TPSA) is 501 Å². The summed E-state index contributed by atoms with van der Waals surface area (Å²) in [7, 11) is 3.28. The van der Waals surface area contributed by atoms with Gasteiger partial charge in [-0.25, -0.2) is 14.6 Å². The van der Waals surface area contributed by atoms with Crippen LogP contribution in [0.2, 0.25) is 0 Å². The van der Waals surface area contributed by atoms with Crippen LogP contribution in [0.4, 0.5) is 44.1 Å². The molecule has 5 aliphatic heterocycles. The van der Waals surface area contributed by atoms with Gasteiger partial charge in [0.05, 0.1) is 91.7 Å². The Balaban J connectivity index is 0.642. The van der Waals surface area contributed by atoms with E-state index in [0.29, 0.717) is 141 Å². The number of likely N-dealkylation sites (N-methyl/N-ethyl adjacent to an activating group) is 1. The van der Waals surface area contributed by atoms with Crippen LogP contribution >= 0.6 is 0 Å². The van der Waals surface area contributed by atoms with Gasteiger partial charge >= 0.3 is 12.1 Å². The lowest BCUT2D eigenvalue weighted by molar-refractivity contribution is -0.138. The van der Waals surface area contributed by atoms with Crippen LogP contribution in [0, 0.1) is 5.92 Å². The monoisotopic (exact) mass is 1750 g/mol. The number of aromatic nitrogens is 2. The van der Waals surface area contributed by atoms with E-state index in [9.17, 15) is 67.1 Å². The first-order valence-corrected chi connectivity index (χ1v) is 43.0. The summed E-state index contributed by atoms with van der Waals surface area (Å²) < 4.78 is 45.1. The summed E-state index contributed by atoms with van der Waals surface area (Å²) >= 11 is 0. The van der Waals surface area contributed by atoms with Gasteiger partial charge in [0.25, 0.3) is 23.6 Å². The second kappa shape index (κ2) is 49.2. The molecule has 1 aliphatic carbocycles. The number of fused-ring (bicyclic) bond motifs is 2. The van der Waals surface area contributed by atoms with E-state index in [1.807, 2.05) is 6.92 Å². The van der Waals surface area contributed by atoms with Gasteiger partial charge in [0.2, 0.25) is 53.2 Å². The molecule has 1 aromatic heterocycles. The zero-order valence-corrected chi connectivity index (χ0v) is 72.1. The van der Waals surface area contributed by atoms with Gasteiger partial charge in [-0.15, -0.1) is 0 Å². The minimum Gasteiger partial charge on any atom is -0.495 e. The van der Waals surface area contributed by atoms with Gasteiger partial charge in [-0.05, 0) is 112 Å². The molecule has 40 nitrogen and oxygen atoms in total. The second-order valence-corrected chi connectivity index (χ2v) is 31.5. The Bertz CT molecular complexity index is 4470. The third-order valence-electron chi connectivity index (χ3n) is 22.3. The van der Waals surface area contributed by atoms with Crippen LogP contribution in [0.5, 0.6) is 5.75 Å². The molecule has 40 heteroatoms. The lowest BCUT2D eigenvalue weighted by atomic mass is 10.0. The number of hydrogen-bond donors (Lipinski definition) is 11. The number of carbonyl (C=O) groups excluding carboxylic acids is 14. The summed E-state index contributed by atoms with van der Waals surface area (Å²) in [5.74, 6) is -4.03. The highest BCUT2D eigenvalue weighted by Gasteiger charge is 2.43. The van der Waals surface area contributed by atoms with Crippen molar-refractivity contribution in [3.8, 4) is 5.75 Å². The van der Waals surface area contributed by atoms with Crippen LogP contribution in [-0.4, -0.2) is 283 Å². The van der Waals surface area contributed by atoms with Gasteiger partial charge in [-0.2, -0.15) is 4.98 Å². The number of nitrogens with zero attached hydrogens (tertiary/aromatic N) is 7. The highest BCUT2D eigenvalue weighted by atomic mass is 16.6. The van der Waals surface area contributed by atoms with E-state index < -0.39 is 95.4 Å². The highest BCUT2D eigenvalue weighted by Crippen LogP contribution is 2.41. The molecule has 126 heavy (non-hydrogen) atoms. The number of alkyl carbamates (subject to hydrolysis) is 1. The molecule has 4 aromatic rings. The number of amides is 15. The number of nitrogens with one attached hydrogen (secondary N) is 10. The molecule has 6 aliphatic rings. The van der Waals surface area contributed by atoms with Crippen molar-refractivity contribution in [2.45, 2.75) is 173 Å². The maximum absolute atomic E-state index is 14.0. The van der Waals surface area contributed by atoms with Crippen molar-refractivity contribution in [1.29, 1.82) is 0 Å². The fourth-order valence-electron chi connectivity index (χ4n) is 15.4. The van der Waals surface area contributed by atoms with Crippen molar-refractivity contribution in [3.05, 3.63) is 101 Å². The van der Waals surface area contributed by atoms with Crippen molar-refractivity contribution in [2.24, 2.45) is 11.7 Å². The Kier molecular flexibility index (Phi) is 37.6. The Hall–Kier alpha value is -11.8. The minimum atomic E-state index is -1.15. The van der Waals surface area contributed by atoms with Crippen molar-refractivity contribution in [2.75, 3.05) is 158 Å². The number of ether oxygens (including phenoxy) is 8. The van der Waals surface area contributed by atoms with Crippen LogP contribution in [0.25, 0.3) is 0 Å². The number of methoxy groups -OCH3 is 1. The lowest BCUT2D eigenvalue weighted by Crippen LogP contribution is -2.55. The van der Waals surface area contributed by atoms with E-state index in [2.05, 4.69) is 68.0 Å². The number of nitrogens with two attached hydrogens (primary N) is 1. The number of imide groups is 2. The minimum absolute atomic E-state index is 0.00487. The SMILES string of the molecule is CC[C@@H]1C(=O)N(C)c2cnc(Nc3ccc(C(=O)NC4CCN(CCOCCC(CC(=O)Nc5cccc6c5CN(C5CCC(=O)NC5=O)C6=O)NC(=O)OCc5ccc(NC(=O)[C@H](CCCNC(N)=O)NC(=O)[C@@H](NC(=O)CCOCCOCCOCCOCCOCCNC(=O)CCN6C(=O)C=CC6=O)C(C)C)cc5)CC4)cc3OC)nc2N1C1CCCC1. The number of likely N-dealkylation sites (tertiary alicyclic amines) is 1. The van der Waals surface area contributed by atoms with E-state index in [1.165, 1.54) is 24.2 Å². The largest absolute Gasteiger partial charge is 0.495 e. The molecule has 10 rings (SSSR count). The third kappa shape index (κ3) is 28.9. The molecule has 12 N–H and O–H groups in total. The Morgan fingerprint density at radius 1 is 0.675 bits per heavy atom. The van der Waals surface area contributed by atoms with E-state index in [4.69, 9.17) is 48.6 Å². The summed E-state index contributed by atoms with van der Waals surface area (Å²) in [4.78, 5) is 199. The first kappa shape index (κ1) is 96.4. The number of piperidine rings is 2. The van der Waals surface area contributed by atoms with Crippen LogP contribution in [0.15, 0.2) is 79.0 Å². The fraction of sp³-hybridized carbons (Fsp3) is 0.558. The summed E-state index contributed by atoms with van der Waals surface area (Å²) in [5.41, 5.74) is 8.85. The van der Waals surface area contributed by atoms with Gasteiger partial charge in [0.1, 0.15) is 42.2 Å². The molecule has 684 valence electrons. The van der Waals surface area contributed by atoms with Crippen molar-refractivity contribution < 1.29 is 105 Å². The molecular weight excluding hydrogens is 1640 g/mol. The maximum atomic E-state index is 14.0. The number of hydrogen-bond acceptors (Lipinski definition) is 27. The number of urea groups is 1. The van der Waals surface area contributed by atoms with E-state index in [-0.39, 0.29) is 160 Å². The fourth-order valence-corrected chi connectivity index (χ4v) is 15.4. The predicted molar refractivity (Wildman–Crippen MR) is 459 cm³/mol. The molecule has 15 amide bonds. The number of benzene rings is 3. The summed E-state index contributed by atoms with van der Waals surface area (Å²) in [5, 5.41) is 27.9. The molecule has 2 unspecified atom stereocenters. The molecule has 0 radical (unpaired) electrons. The predicted octanol–water partition coefficient (Wildman–Crippen LogP) is 3.34. The standard InChI is InChI=1S/C86H118N18O22/c1-6-66-83(116)100(4)68-51-90-85(99-77(68)104(66)60-11-7-8-12-60)96-64-21-18-56(49-69(64)119-5)78(111)91-58-26-33-101(34-27-58)36-40-120-37-29-59(50-73(108)94-63-14-9-13-61-62(63)52-103(82(61)115)67-22-23-71(106)98-80(67)113)93-86(118)126-53-55-16-19-57(20-17-55)92-79(112)65(15-10-31-89-84(87)117)95-81(114)76(54(2)3)97-72(107)30-38-121-41-43-123-45-47-125-48-46-124-44-42-122-39-32-88-70(105)28-35-102-74(109)24-25-75(102)110/h9,13-14,16-21,24-25,49,51,54,58-60,65-67,76H,6-8,10-12,15,22-23,26-48,50,52-53H2,1-5H3,(H,88,105)(H,91,111)(H,92,112)(H,93,118)(H,94,108)(H,95,114)(H,97,107)(H3,87,89,117)(H,90,96,99)(H,98,106,113)/t59?,65-,66+,67?,76-/m0/s1. The molecule has 0 bridgehead atoms. The van der Waals surface area contributed by atoms with Gasteiger partial charge < -0.3 is 111 Å². The second-order valence-electron chi connectivity index (χ2n) is 31.5. The molecule has 6 heterocycles. The normalized spacial score (nSPS) is 17.3. The van der Waals surface area contributed by atoms with Gasteiger partial charge in [0.15, 0.2) is 5.82 Å². The molecular formula is C86H118N18O22. The summed E-state index contributed by atoms with van der Waals surface area (Å²) in [6, 6.07) is 11.4. The van der Waals surface area contributed by atoms with Gasteiger partial charge in [-0.3, -0.25) is 67.8 Å². The Morgan fingerprint density at radius 2 is 1.36 bits per heavy atom. The van der Waals surface area contributed by atoms with Crippen LogP contribution in [0.3, 0.4) is 0 Å². The maximum Gasteiger partial charge on any atom is 0.407 e. The van der Waals surface area contributed by atoms with Crippen LogP contribution in [-0.2, 0) is 94.3 Å². The highest BCUT2D eigenvalue weighted by molar-refractivity contribution is 6.13. The molecule has 3 fully saturated rings. The van der Waals surface area contributed by atoms with Gasteiger partial charge in [0, 0.05) is 143 Å². The van der Waals surface area contributed by atoms with Crippen LogP contribution in [0.1, 0.15) is 149 Å². The molecule has 0 spiro atoms. The van der Waals surface area contributed by atoms with E-state index in [1.54, 1.807) is 92.7 Å². The van der Waals surface area contributed by atoms with Gasteiger partial charge in [-0.1, -0.05) is 51.8 Å². The average Bonchev–Trinajstić information content (AvgIpc) is 0.819. The van der Waals surface area contributed by atoms with Crippen LogP contribution < -0.4 is 73.4 Å². The molecule has 2 saturated heterocycles. The quantitative estimate of drug-likeness (QED) is 0.0223. The Labute approximate surface area is 730 Å². The first-order valence-electron chi connectivity index (χ1n) is 43.0. The van der Waals surface area contributed by atoms with E-state index >= 15 is 0 Å².